The highest BCUT2D eigenvalue weighted by Crippen LogP contribution is 2.15. The zero-order valence-corrected chi connectivity index (χ0v) is 10.2. The summed E-state index contributed by atoms with van der Waals surface area (Å²) < 4.78 is 0.711. The van der Waals surface area contributed by atoms with Crippen LogP contribution in [0.15, 0.2) is 30.3 Å². The lowest BCUT2D eigenvalue weighted by molar-refractivity contribution is 0.398. The van der Waals surface area contributed by atoms with Crippen LogP contribution in [0.3, 0.4) is 0 Å². The number of thiol groups is 1. The Morgan fingerprint density at radius 3 is 2.20 bits per heavy atom. The molecule has 1 saturated heterocycles. The monoisotopic (exact) mass is 238 g/mol. The first kappa shape index (κ1) is 10.8. The van der Waals surface area contributed by atoms with Crippen LogP contribution in [-0.2, 0) is 0 Å². The Morgan fingerprint density at radius 1 is 1.07 bits per heavy atom. The normalized spacial score (nSPS) is 16.6. The summed E-state index contributed by atoms with van der Waals surface area (Å²) in [6, 6.07) is 10.5. The van der Waals surface area contributed by atoms with E-state index in [1.54, 1.807) is 0 Å². The van der Waals surface area contributed by atoms with Gasteiger partial charge in [-0.15, -0.1) is 12.6 Å². The largest absolute Gasteiger partial charge is 0.368 e. The van der Waals surface area contributed by atoms with Gasteiger partial charge in [0, 0.05) is 31.9 Å². The number of nitrogens with zero attached hydrogens (tertiary/aromatic N) is 2. The molecule has 0 aliphatic carbocycles. The first-order chi connectivity index (χ1) is 7.27. The van der Waals surface area contributed by atoms with E-state index < -0.39 is 0 Å². The van der Waals surface area contributed by atoms with Gasteiger partial charge in [0.25, 0.3) is 0 Å². The number of thiocarbonyl (C=S) groups is 1. The van der Waals surface area contributed by atoms with E-state index in [0.717, 1.165) is 26.2 Å². The van der Waals surface area contributed by atoms with Crippen LogP contribution < -0.4 is 4.90 Å². The Balaban J connectivity index is 1.97. The molecule has 1 aliphatic rings. The van der Waals surface area contributed by atoms with Gasteiger partial charge in [0.05, 0.1) is 0 Å². The van der Waals surface area contributed by atoms with Gasteiger partial charge in [-0.05, 0) is 12.1 Å². The second-order valence-electron chi connectivity index (χ2n) is 3.59. The third-order valence-corrected chi connectivity index (χ3v) is 3.21. The lowest BCUT2D eigenvalue weighted by Crippen LogP contribution is -2.47. The maximum absolute atomic E-state index is 5.04. The molecule has 2 rings (SSSR count). The van der Waals surface area contributed by atoms with Gasteiger partial charge >= 0.3 is 0 Å². The summed E-state index contributed by atoms with van der Waals surface area (Å²) in [4.78, 5) is 4.51. The van der Waals surface area contributed by atoms with Gasteiger partial charge in [-0.2, -0.15) is 0 Å². The summed E-state index contributed by atoms with van der Waals surface area (Å²) in [6.07, 6.45) is 0. The molecule has 1 aliphatic heterocycles. The highest BCUT2D eigenvalue weighted by molar-refractivity contribution is 8.10. The Hall–Kier alpha value is -0.740. The van der Waals surface area contributed by atoms with E-state index in [1.165, 1.54) is 5.69 Å². The first-order valence-corrected chi connectivity index (χ1v) is 5.91. The maximum atomic E-state index is 5.04. The fourth-order valence-electron chi connectivity index (χ4n) is 1.79. The van der Waals surface area contributed by atoms with Crippen LogP contribution in [0.25, 0.3) is 0 Å². The van der Waals surface area contributed by atoms with E-state index in [0.29, 0.717) is 4.32 Å². The summed E-state index contributed by atoms with van der Waals surface area (Å²) in [6.45, 7) is 3.98. The van der Waals surface area contributed by atoms with E-state index >= 15 is 0 Å². The van der Waals surface area contributed by atoms with Crippen LogP contribution in [0.4, 0.5) is 5.69 Å². The molecule has 15 heavy (non-hydrogen) atoms. The molecule has 0 amide bonds. The van der Waals surface area contributed by atoms with Crippen molar-refractivity contribution >= 4 is 34.9 Å². The standard InChI is InChI=1S/C11H14N2S2/c14-11(15)13-8-6-12(7-9-13)10-4-2-1-3-5-10/h1-5H,6-9H2,(H,14,15). The maximum Gasteiger partial charge on any atom is 0.133 e. The summed E-state index contributed by atoms with van der Waals surface area (Å²) in [7, 11) is 0. The van der Waals surface area contributed by atoms with Crippen LogP contribution in [-0.4, -0.2) is 35.4 Å². The highest BCUT2D eigenvalue weighted by Gasteiger charge is 2.16. The number of benzene rings is 1. The third kappa shape index (κ3) is 2.63. The highest BCUT2D eigenvalue weighted by atomic mass is 32.1. The van der Waals surface area contributed by atoms with Gasteiger partial charge in [-0.1, -0.05) is 30.4 Å². The molecule has 80 valence electrons. The average Bonchev–Trinajstić information content (AvgIpc) is 2.30. The topological polar surface area (TPSA) is 6.48 Å². The summed E-state index contributed by atoms with van der Waals surface area (Å²) in [5.74, 6) is 0. The molecule has 1 aromatic carbocycles. The minimum absolute atomic E-state index is 0.711. The Morgan fingerprint density at radius 2 is 1.67 bits per heavy atom. The summed E-state index contributed by atoms with van der Waals surface area (Å²) >= 11 is 9.24. The minimum Gasteiger partial charge on any atom is -0.368 e. The van der Waals surface area contributed by atoms with Crippen molar-refractivity contribution in [2.24, 2.45) is 0 Å². The van der Waals surface area contributed by atoms with Gasteiger partial charge in [0.2, 0.25) is 0 Å². The second kappa shape index (κ2) is 4.86. The summed E-state index contributed by atoms with van der Waals surface area (Å²) in [5.41, 5.74) is 1.29. The molecule has 0 bridgehead atoms. The molecule has 1 aromatic rings. The van der Waals surface area contributed by atoms with Crippen LogP contribution >= 0.6 is 24.8 Å². The van der Waals surface area contributed by atoms with Gasteiger partial charge in [0.15, 0.2) is 0 Å². The molecule has 0 unspecified atom stereocenters. The van der Waals surface area contributed by atoms with Crippen molar-refractivity contribution in [3.8, 4) is 0 Å². The lowest BCUT2D eigenvalue weighted by Gasteiger charge is -2.36. The number of hydrogen-bond acceptors (Lipinski definition) is 2. The van der Waals surface area contributed by atoms with Gasteiger partial charge in [-0.3, -0.25) is 0 Å². The smallest absolute Gasteiger partial charge is 0.133 e. The number of para-hydroxylation sites is 1. The first-order valence-electron chi connectivity index (χ1n) is 5.05. The van der Waals surface area contributed by atoms with E-state index in [1.807, 2.05) is 6.07 Å². The van der Waals surface area contributed by atoms with Crippen molar-refractivity contribution in [1.29, 1.82) is 0 Å². The molecule has 0 saturated carbocycles. The Kier molecular flexibility index (Phi) is 3.49. The van der Waals surface area contributed by atoms with Crippen molar-refractivity contribution in [3.05, 3.63) is 30.3 Å². The number of rotatable bonds is 1. The summed E-state index contributed by atoms with van der Waals surface area (Å²) in [5, 5.41) is 0. The fraction of sp³-hybridized carbons (Fsp3) is 0.364. The zero-order valence-electron chi connectivity index (χ0n) is 8.47. The molecular weight excluding hydrogens is 224 g/mol. The van der Waals surface area contributed by atoms with E-state index in [4.69, 9.17) is 12.2 Å². The van der Waals surface area contributed by atoms with E-state index in [-0.39, 0.29) is 0 Å². The molecular formula is C11H14N2S2. The molecule has 1 fully saturated rings. The molecule has 4 heteroatoms. The van der Waals surface area contributed by atoms with E-state index in [9.17, 15) is 0 Å². The molecule has 0 spiro atoms. The Labute approximate surface area is 101 Å². The predicted octanol–water partition coefficient (Wildman–Crippen LogP) is 2.02. The molecule has 0 N–H and O–H groups in total. The van der Waals surface area contributed by atoms with Crippen molar-refractivity contribution in [2.45, 2.75) is 0 Å². The molecule has 0 radical (unpaired) electrons. The fourth-order valence-corrected chi connectivity index (χ4v) is 2.18. The van der Waals surface area contributed by atoms with Crippen LogP contribution in [0.1, 0.15) is 0 Å². The van der Waals surface area contributed by atoms with Crippen molar-refractivity contribution in [2.75, 3.05) is 31.1 Å². The Bertz CT molecular complexity index is 332. The van der Waals surface area contributed by atoms with Crippen LogP contribution in [0.2, 0.25) is 0 Å². The van der Waals surface area contributed by atoms with Crippen LogP contribution in [0, 0.1) is 0 Å². The van der Waals surface area contributed by atoms with E-state index in [2.05, 4.69) is 46.7 Å². The van der Waals surface area contributed by atoms with Crippen LogP contribution in [0.5, 0.6) is 0 Å². The SMILES string of the molecule is S=C(S)N1CCN(c2ccccc2)CC1. The quantitative estimate of drug-likeness (QED) is 0.591. The predicted molar refractivity (Wildman–Crippen MR) is 71.8 cm³/mol. The van der Waals surface area contributed by atoms with Gasteiger partial charge in [-0.25, -0.2) is 0 Å². The second-order valence-corrected chi connectivity index (χ2v) is 4.71. The number of hydrogen-bond donors (Lipinski definition) is 1. The van der Waals surface area contributed by atoms with Crippen molar-refractivity contribution < 1.29 is 0 Å². The number of piperazine rings is 1. The zero-order chi connectivity index (χ0) is 10.7. The molecule has 2 nitrogen and oxygen atoms in total. The lowest BCUT2D eigenvalue weighted by atomic mass is 10.2. The van der Waals surface area contributed by atoms with Crippen molar-refractivity contribution in [1.82, 2.24) is 4.90 Å². The molecule has 0 atom stereocenters. The molecule has 0 aromatic heterocycles. The minimum atomic E-state index is 0.711. The third-order valence-electron chi connectivity index (χ3n) is 2.67. The molecule has 1 heterocycles. The van der Waals surface area contributed by atoms with Crippen molar-refractivity contribution in [3.63, 3.8) is 0 Å². The number of anilines is 1. The average molecular weight is 238 g/mol. The van der Waals surface area contributed by atoms with Gasteiger partial charge < -0.3 is 9.80 Å². The van der Waals surface area contributed by atoms with Gasteiger partial charge in [0.1, 0.15) is 4.32 Å².